The van der Waals surface area contributed by atoms with Gasteiger partial charge in [-0.15, -0.1) is 0 Å². The van der Waals surface area contributed by atoms with Crippen molar-refractivity contribution >= 4 is 28.2 Å². The first-order valence-electron chi connectivity index (χ1n) is 6.56. The van der Waals surface area contributed by atoms with Crippen LogP contribution in [0.25, 0.3) is 10.9 Å². The summed E-state index contributed by atoms with van der Waals surface area (Å²) in [6.45, 7) is 4.35. The number of rotatable bonds is 1. The van der Waals surface area contributed by atoms with Gasteiger partial charge in [0.2, 0.25) is 0 Å². The first-order chi connectivity index (χ1) is 8.74. The molecule has 0 atom stereocenters. The van der Waals surface area contributed by atoms with Gasteiger partial charge in [0.1, 0.15) is 5.15 Å². The Morgan fingerprint density at radius 3 is 2.67 bits per heavy atom. The monoisotopic (exact) mass is 260 g/mol. The minimum absolute atomic E-state index is 0.605. The van der Waals surface area contributed by atoms with E-state index in [1.165, 1.54) is 43.4 Å². The number of anilines is 1. The SMILES string of the molecule is Cc1cc2cc(N3CCCCC3)ccc2nc1Cl. The maximum atomic E-state index is 6.05. The molecular formula is C15H17ClN2. The van der Waals surface area contributed by atoms with Crippen LogP contribution in [0.1, 0.15) is 24.8 Å². The number of aryl methyl sites for hydroxylation is 1. The van der Waals surface area contributed by atoms with Gasteiger partial charge < -0.3 is 4.90 Å². The van der Waals surface area contributed by atoms with E-state index in [0.29, 0.717) is 5.15 Å². The lowest BCUT2D eigenvalue weighted by Gasteiger charge is -2.29. The van der Waals surface area contributed by atoms with Crippen LogP contribution < -0.4 is 4.90 Å². The minimum Gasteiger partial charge on any atom is -0.372 e. The van der Waals surface area contributed by atoms with Crippen LogP contribution in [-0.4, -0.2) is 18.1 Å². The molecule has 3 rings (SSSR count). The van der Waals surface area contributed by atoms with Gasteiger partial charge in [-0.1, -0.05) is 11.6 Å². The number of halogens is 1. The van der Waals surface area contributed by atoms with E-state index in [2.05, 4.69) is 34.1 Å². The summed E-state index contributed by atoms with van der Waals surface area (Å²) in [4.78, 5) is 6.87. The molecule has 2 aromatic rings. The fourth-order valence-electron chi connectivity index (χ4n) is 2.59. The van der Waals surface area contributed by atoms with Crippen LogP contribution in [0.15, 0.2) is 24.3 Å². The smallest absolute Gasteiger partial charge is 0.132 e. The van der Waals surface area contributed by atoms with Crippen molar-refractivity contribution in [1.29, 1.82) is 0 Å². The summed E-state index contributed by atoms with van der Waals surface area (Å²) in [5, 5.41) is 1.79. The average Bonchev–Trinajstić information content (AvgIpc) is 2.41. The third kappa shape index (κ3) is 2.17. The zero-order chi connectivity index (χ0) is 12.5. The van der Waals surface area contributed by atoms with Crippen LogP contribution in [0, 0.1) is 6.92 Å². The second-order valence-electron chi connectivity index (χ2n) is 5.02. The minimum atomic E-state index is 0.605. The van der Waals surface area contributed by atoms with E-state index < -0.39 is 0 Å². The largest absolute Gasteiger partial charge is 0.372 e. The van der Waals surface area contributed by atoms with Crippen molar-refractivity contribution in [3.05, 3.63) is 35.0 Å². The second-order valence-corrected chi connectivity index (χ2v) is 5.38. The van der Waals surface area contributed by atoms with Gasteiger partial charge in [-0.2, -0.15) is 0 Å². The Hall–Kier alpha value is -1.28. The van der Waals surface area contributed by atoms with Crippen molar-refractivity contribution in [3.8, 4) is 0 Å². The summed E-state index contributed by atoms with van der Waals surface area (Å²) in [6.07, 6.45) is 3.96. The van der Waals surface area contributed by atoms with E-state index in [-0.39, 0.29) is 0 Å². The van der Waals surface area contributed by atoms with Crippen molar-refractivity contribution in [2.75, 3.05) is 18.0 Å². The zero-order valence-electron chi connectivity index (χ0n) is 10.6. The molecule has 0 aliphatic carbocycles. The molecule has 1 aromatic heterocycles. The Labute approximate surface area is 113 Å². The molecule has 1 fully saturated rings. The van der Waals surface area contributed by atoms with E-state index in [9.17, 15) is 0 Å². The average molecular weight is 261 g/mol. The third-order valence-electron chi connectivity index (χ3n) is 3.65. The maximum Gasteiger partial charge on any atom is 0.132 e. The van der Waals surface area contributed by atoms with Gasteiger partial charge in [-0.25, -0.2) is 4.98 Å². The van der Waals surface area contributed by atoms with Gasteiger partial charge >= 0.3 is 0 Å². The molecule has 3 heteroatoms. The molecule has 2 heterocycles. The molecule has 0 N–H and O–H groups in total. The lowest BCUT2D eigenvalue weighted by Crippen LogP contribution is -2.29. The van der Waals surface area contributed by atoms with Crippen LogP contribution in [0.3, 0.4) is 0 Å². The third-order valence-corrected chi connectivity index (χ3v) is 4.03. The van der Waals surface area contributed by atoms with Gasteiger partial charge in [-0.05, 0) is 56.0 Å². The first kappa shape index (κ1) is 11.8. The van der Waals surface area contributed by atoms with Crippen LogP contribution in [0.4, 0.5) is 5.69 Å². The summed E-state index contributed by atoms with van der Waals surface area (Å²) >= 11 is 6.05. The number of hydrogen-bond acceptors (Lipinski definition) is 2. The Bertz CT molecular complexity index is 574. The second kappa shape index (κ2) is 4.77. The van der Waals surface area contributed by atoms with Crippen molar-refractivity contribution in [3.63, 3.8) is 0 Å². The summed E-state index contributed by atoms with van der Waals surface area (Å²) < 4.78 is 0. The van der Waals surface area contributed by atoms with Crippen molar-refractivity contribution in [2.24, 2.45) is 0 Å². The Kier molecular flexibility index (Phi) is 3.13. The molecule has 1 saturated heterocycles. The van der Waals surface area contributed by atoms with E-state index in [4.69, 9.17) is 11.6 Å². The van der Waals surface area contributed by atoms with Crippen LogP contribution in [0.2, 0.25) is 5.15 Å². The highest BCUT2D eigenvalue weighted by Crippen LogP contribution is 2.26. The predicted octanol–water partition coefficient (Wildman–Crippen LogP) is 4.19. The zero-order valence-corrected chi connectivity index (χ0v) is 11.4. The molecule has 1 aliphatic heterocycles. The first-order valence-corrected chi connectivity index (χ1v) is 6.94. The van der Waals surface area contributed by atoms with Gasteiger partial charge in [0.15, 0.2) is 0 Å². The van der Waals surface area contributed by atoms with Crippen molar-refractivity contribution in [1.82, 2.24) is 4.98 Å². The molecule has 94 valence electrons. The van der Waals surface area contributed by atoms with Crippen molar-refractivity contribution in [2.45, 2.75) is 26.2 Å². The molecule has 0 radical (unpaired) electrons. The highest BCUT2D eigenvalue weighted by atomic mass is 35.5. The number of fused-ring (bicyclic) bond motifs is 1. The van der Waals surface area contributed by atoms with Gasteiger partial charge in [0, 0.05) is 24.2 Å². The molecule has 2 nitrogen and oxygen atoms in total. The molecule has 18 heavy (non-hydrogen) atoms. The predicted molar refractivity (Wildman–Crippen MR) is 77.6 cm³/mol. The standard InChI is InChI=1S/C15H17ClN2/c1-11-9-12-10-13(18-7-3-2-4-8-18)5-6-14(12)17-15(11)16/h5-6,9-10H,2-4,7-8H2,1H3. The highest BCUT2D eigenvalue weighted by molar-refractivity contribution is 6.30. The Balaban J connectivity index is 2.02. The number of pyridine rings is 1. The molecule has 0 saturated carbocycles. The summed E-state index contributed by atoms with van der Waals surface area (Å²) in [6, 6.07) is 8.59. The molecule has 1 aliphatic rings. The van der Waals surface area contributed by atoms with Crippen LogP contribution in [-0.2, 0) is 0 Å². The summed E-state index contributed by atoms with van der Waals surface area (Å²) in [5.74, 6) is 0. The Morgan fingerprint density at radius 2 is 1.89 bits per heavy atom. The topological polar surface area (TPSA) is 16.1 Å². The number of hydrogen-bond donors (Lipinski definition) is 0. The molecule has 0 unspecified atom stereocenters. The highest BCUT2D eigenvalue weighted by Gasteiger charge is 2.11. The van der Waals surface area contributed by atoms with Gasteiger partial charge in [0.05, 0.1) is 5.52 Å². The van der Waals surface area contributed by atoms with Gasteiger partial charge in [-0.3, -0.25) is 0 Å². The lowest BCUT2D eigenvalue weighted by molar-refractivity contribution is 0.578. The molecular weight excluding hydrogens is 244 g/mol. The maximum absolute atomic E-state index is 6.05. The fraction of sp³-hybridized carbons (Fsp3) is 0.400. The van der Waals surface area contributed by atoms with E-state index >= 15 is 0 Å². The van der Waals surface area contributed by atoms with Crippen LogP contribution in [0.5, 0.6) is 0 Å². The number of benzene rings is 1. The van der Waals surface area contributed by atoms with Crippen molar-refractivity contribution < 1.29 is 0 Å². The van der Waals surface area contributed by atoms with E-state index in [1.54, 1.807) is 0 Å². The lowest BCUT2D eigenvalue weighted by atomic mass is 10.1. The summed E-state index contributed by atoms with van der Waals surface area (Å²) in [5.41, 5.74) is 3.33. The summed E-state index contributed by atoms with van der Waals surface area (Å²) in [7, 11) is 0. The molecule has 0 bridgehead atoms. The fourth-order valence-corrected chi connectivity index (χ4v) is 2.74. The van der Waals surface area contributed by atoms with E-state index in [0.717, 1.165) is 11.1 Å². The van der Waals surface area contributed by atoms with Crippen LogP contribution >= 0.6 is 11.6 Å². The quantitative estimate of drug-likeness (QED) is 0.715. The number of aromatic nitrogens is 1. The Morgan fingerprint density at radius 1 is 1.11 bits per heavy atom. The number of nitrogens with zero attached hydrogens (tertiary/aromatic N) is 2. The molecule has 0 amide bonds. The molecule has 1 aromatic carbocycles. The van der Waals surface area contributed by atoms with E-state index in [1.807, 2.05) is 6.92 Å². The normalized spacial score (nSPS) is 16.2. The number of piperidine rings is 1. The molecule has 0 spiro atoms. The van der Waals surface area contributed by atoms with Gasteiger partial charge in [0.25, 0.3) is 0 Å².